The lowest BCUT2D eigenvalue weighted by Crippen LogP contribution is -2.27. The fourth-order valence-electron chi connectivity index (χ4n) is 3.66. The van der Waals surface area contributed by atoms with Gasteiger partial charge in [-0.1, -0.05) is 54.2 Å². The van der Waals surface area contributed by atoms with Crippen LogP contribution in [0.2, 0.25) is 0 Å². The fraction of sp³-hybridized carbons (Fsp3) is 0.154. The SMILES string of the molecule is O=C(CSc1nnc(-c2ccco2)n1Cc1ccccc1)NCCc1ccc(-n2cccn2)cc1. The number of rotatable bonds is 10. The maximum Gasteiger partial charge on any atom is 0.230 e. The summed E-state index contributed by atoms with van der Waals surface area (Å²) in [5, 5.41) is 16.5. The zero-order valence-corrected chi connectivity index (χ0v) is 19.8. The molecule has 1 amide bonds. The van der Waals surface area contributed by atoms with Gasteiger partial charge in [0.15, 0.2) is 10.9 Å². The molecule has 0 aliphatic rings. The van der Waals surface area contributed by atoms with Crippen molar-refractivity contribution in [1.29, 1.82) is 0 Å². The quantitative estimate of drug-likeness (QED) is 0.299. The summed E-state index contributed by atoms with van der Waals surface area (Å²) in [5.41, 5.74) is 3.28. The lowest BCUT2D eigenvalue weighted by atomic mass is 10.1. The molecule has 0 spiro atoms. The van der Waals surface area contributed by atoms with Gasteiger partial charge in [-0.2, -0.15) is 5.10 Å². The minimum atomic E-state index is -0.0445. The van der Waals surface area contributed by atoms with Crippen molar-refractivity contribution < 1.29 is 9.21 Å². The van der Waals surface area contributed by atoms with Gasteiger partial charge in [0.2, 0.25) is 11.7 Å². The molecule has 0 saturated carbocycles. The predicted molar refractivity (Wildman–Crippen MR) is 134 cm³/mol. The molecule has 0 fully saturated rings. The summed E-state index contributed by atoms with van der Waals surface area (Å²) in [6, 6.07) is 23.8. The number of carbonyl (C=O) groups excluding carboxylic acids is 1. The molecule has 8 nitrogen and oxygen atoms in total. The topological polar surface area (TPSA) is 90.8 Å². The van der Waals surface area contributed by atoms with Gasteiger partial charge in [0, 0.05) is 18.9 Å². The highest BCUT2D eigenvalue weighted by molar-refractivity contribution is 7.99. The van der Waals surface area contributed by atoms with Gasteiger partial charge >= 0.3 is 0 Å². The number of furan rings is 1. The molecule has 5 aromatic rings. The van der Waals surface area contributed by atoms with Gasteiger partial charge in [-0.15, -0.1) is 10.2 Å². The first-order valence-electron chi connectivity index (χ1n) is 11.3. The summed E-state index contributed by atoms with van der Waals surface area (Å²) in [6.45, 7) is 1.15. The second-order valence-electron chi connectivity index (χ2n) is 7.86. The third-order valence-electron chi connectivity index (χ3n) is 5.42. The van der Waals surface area contributed by atoms with Crippen molar-refractivity contribution in [3.63, 3.8) is 0 Å². The number of aromatic nitrogens is 5. The predicted octanol–water partition coefficient (Wildman–Crippen LogP) is 4.22. The fourth-order valence-corrected chi connectivity index (χ4v) is 4.42. The van der Waals surface area contributed by atoms with Crippen molar-refractivity contribution in [2.75, 3.05) is 12.3 Å². The number of thioether (sulfide) groups is 1. The summed E-state index contributed by atoms with van der Waals surface area (Å²) >= 11 is 1.37. The summed E-state index contributed by atoms with van der Waals surface area (Å²) in [6.07, 6.45) is 6.03. The van der Waals surface area contributed by atoms with E-state index >= 15 is 0 Å². The van der Waals surface area contributed by atoms with E-state index in [1.165, 1.54) is 11.8 Å². The summed E-state index contributed by atoms with van der Waals surface area (Å²) in [7, 11) is 0. The van der Waals surface area contributed by atoms with Crippen LogP contribution in [0.1, 0.15) is 11.1 Å². The molecule has 3 aromatic heterocycles. The Labute approximate surface area is 207 Å². The minimum Gasteiger partial charge on any atom is -0.461 e. The average molecular weight is 485 g/mol. The van der Waals surface area contributed by atoms with Gasteiger partial charge in [0.05, 0.1) is 24.2 Å². The Morgan fingerprint density at radius 3 is 2.54 bits per heavy atom. The molecule has 3 heterocycles. The molecule has 0 atom stereocenters. The summed E-state index contributed by atoms with van der Waals surface area (Å²) in [4.78, 5) is 12.5. The zero-order valence-electron chi connectivity index (χ0n) is 18.9. The van der Waals surface area contributed by atoms with E-state index in [-0.39, 0.29) is 11.7 Å². The number of hydrogen-bond acceptors (Lipinski definition) is 6. The van der Waals surface area contributed by atoms with Gasteiger partial charge in [-0.05, 0) is 47.9 Å². The molecule has 0 unspecified atom stereocenters. The van der Waals surface area contributed by atoms with E-state index in [1.807, 2.05) is 64.0 Å². The maximum atomic E-state index is 12.5. The van der Waals surface area contributed by atoms with E-state index in [9.17, 15) is 4.79 Å². The van der Waals surface area contributed by atoms with Gasteiger partial charge in [0.25, 0.3) is 0 Å². The Morgan fingerprint density at radius 1 is 0.943 bits per heavy atom. The Balaban J connectivity index is 1.16. The number of nitrogens with zero attached hydrogens (tertiary/aromatic N) is 5. The molecule has 35 heavy (non-hydrogen) atoms. The van der Waals surface area contributed by atoms with E-state index in [0.29, 0.717) is 29.8 Å². The maximum absolute atomic E-state index is 12.5. The first kappa shape index (κ1) is 22.7. The van der Waals surface area contributed by atoms with Crippen LogP contribution in [0.4, 0.5) is 0 Å². The van der Waals surface area contributed by atoms with E-state index in [1.54, 1.807) is 12.5 Å². The first-order chi connectivity index (χ1) is 17.3. The van der Waals surface area contributed by atoms with Crippen LogP contribution in [-0.4, -0.2) is 42.7 Å². The van der Waals surface area contributed by atoms with Crippen LogP contribution in [0.25, 0.3) is 17.3 Å². The lowest BCUT2D eigenvalue weighted by molar-refractivity contribution is -0.118. The second kappa shape index (κ2) is 10.9. The third kappa shape index (κ3) is 5.70. The normalized spacial score (nSPS) is 11.0. The first-order valence-corrected chi connectivity index (χ1v) is 12.2. The van der Waals surface area contributed by atoms with E-state index in [2.05, 4.69) is 44.9 Å². The number of nitrogens with one attached hydrogen (secondary N) is 1. The minimum absolute atomic E-state index is 0.0445. The van der Waals surface area contributed by atoms with E-state index < -0.39 is 0 Å². The summed E-state index contributed by atoms with van der Waals surface area (Å²) < 4.78 is 9.34. The van der Waals surface area contributed by atoms with Crippen LogP contribution in [0, 0.1) is 0 Å². The van der Waals surface area contributed by atoms with Gasteiger partial charge in [-0.3, -0.25) is 9.36 Å². The number of benzene rings is 2. The molecule has 0 bridgehead atoms. The van der Waals surface area contributed by atoms with Crippen LogP contribution in [0.5, 0.6) is 0 Å². The largest absolute Gasteiger partial charge is 0.461 e. The van der Waals surface area contributed by atoms with Crippen molar-refractivity contribution in [2.45, 2.75) is 18.1 Å². The van der Waals surface area contributed by atoms with Crippen LogP contribution < -0.4 is 5.32 Å². The Morgan fingerprint density at radius 2 is 1.80 bits per heavy atom. The Bertz CT molecular complexity index is 1350. The van der Waals surface area contributed by atoms with Crippen LogP contribution >= 0.6 is 11.8 Å². The standard InChI is InChI=1S/C26H24N6O2S/c33-24(27-15-13-20-9-11-22(12-10-20)32-16-5-14-28-32)19-35-26-30-29-25(23-8-4-17-34-23)31(26)18-21-6-2-1-3-7-21/h1-12,14,16-17H,13,15,18-19H2,(H,27,33). The highest BCUT2D eigenvalue weighted by Gasteiger charge is 2.17. The molecule has 2 aromatic carbocycles. The molecule has 1 N–H and O–H groups in total. The van der Waals surface area contributed by atoms with E-state index in [0.717, 1.165) is 23.2 Å². The third-order valence-corrected chi connectivity index (χ3v) is 6.38. The molecule has 0 saturated heterocycles. The molecular formula is C26H24N6O2S. The van der Waals surface area contributed by atoms with E-state index in [4.69, 9.17) is 4.42 Å². The van der Waals surface area contributed by atoms with Gasteiger partial charge in [0.1, 0.15) is 0 Å². The number of carbonyl (C=O) groups is 1. The summed E-state index contributed by atoms with van der Waals surface area (Å²) in [5.74, 6) is 1.49. The van der Waals surface area contributed by atoms with Gasteiger partial charge in [-0.25, -0.2) is 4.68 Å². The van der Waals surface area contributed by atoms with Crippen molar-refractivity contribution in [3.8, 4) is 17.3 Å². The van der Waals surface area contributed by atoms with Crippen molar-refractivity contribution >= 4 is 17.7 Å². The van der Waals surface area contributed by atoms with Gasteiger partial charge < -0.3 is 9.73 Å². The molecule has 0 radical (unpaired) electrons. The molecule has 0 aliphatic carbocycles. The Kier molecular flexibility index (Phi) is 7.05. The van der Waals surface area contributed by atoms with Crippen LogP contribution in [0.3, 0.4) is 0 Å². The smallest absolute Gasteiger partial charge is 0.230 e. The molecule has 176 valence electrons. The van der Waals surface area contributed by atoms with Crippen molar-refractivity contribution in [3.05, 3.63) is 103 Å². The average Bonchev–Trinajstić information content (AvgIpc) is 3.66. The monoisotopic (exact) mass is 484 g/mol. The molecule has 9 heteroatoms. The van der Waals surface area contributed by atoms with Crippen molar-refractivity contribution in [2.24, 2.45) is 0 Å². The lowest BCUT2D eigenvalue weighted by Gasteiger charge is -2.10. The van der Waals surface area contributed by atoms with Crippen LogP contribution in [-0.2, 0) is 17.8 Å². The molecule has 5 rings (SSSR count). The van der Waals surface area contributed by atoms with Crippen LogP contribution in [0.15, 0.2) is 101 Å². The number of hydrogen-bond donors (Lipinski definition) is 1. The Hall–Kier alpha value is -4.11. The highest BCUT2D eigenvalue weighted by Crippen LogP contribution is 2.25. The second-order valence-corrected chi connectivity index (χ2v) is 8.80. The molecular weight excluding hydrogens is 460 g/mol. The van der Waals surface area contributed by atoms with Crippen molar-refractivity contribution in [1.82, 2.24) is 29.9 Å². The number of amides is 1. The zero-order chi connectivity index (χ0) is 23.9. The molecule has 0 aliphatic heterocycles. The highest BCUT2D eigenvalue weighted by atomic mass is 32.2.